The van der Waals surface area contributed by atoms with Crippen LogP contribution in [0.4, 0.5) is 4.39 Å². The minimum atomic E-state index is -0.315. The zero-order valence-corrected chi connectivity index (χ0v) is 16.2. The van der Waals surface area contributed by atoms with Crippen molar-refractivity contribution in [2.24, 2.45) is 0 Å². The Bertz CT molecular complexity index is 1040. The van der Waals surface area contributed by atoms with E-state index >= 15 is 0 Å². The second-order valence-corrected chi connectivity index (χ2v) is 7.57. The van der Waals surface area contributed by atoms with E-state index in [1.54, 1.807) is 18.3 Å². The van der Waals surface area contributed by atoms with Crippen LogP contribution in [0, 0.1) is 12.7 Å². The van der Waals surface area contributed by atoms with Gasteiger partial charge in [-0.1, -0.05) is 18.2 Å². The second kappa shape index (κ2) is 8.03. The van der Waals surface area contributed by atoms with E-state index in [1.807, 2.05) is 29.5 Å². The lowest BCUT2D eigenvalue weighted by atomic mass is 10.1. The molecule has 0 spiro atoms. The van der Waals surface area contributed by atoms with Crippen molar-refractivity contribution >= 4 is 17.5 Å². The molecule has 1 fully saturated rings. The van der Waals surface area contributed by atoms with Gasteiger partial charge in [0.2, 0.25) is 5.91 Å². The highest BCUT2D eigenvalue weighted by Crippen LogP contribution is 2.20. The van der Waals surface area contributed by atoms with E-state index in [4.69, 9.17) is 0 Å². The maximum Gasteiger partial charge on any atom is 0.271 e. The van der Waals surface area contributed by atoms with Crippen LogP contribution in [0.25, 0.3) is 5.65 Å². The van der Waals surface area contributed by atoms with Crippen molar-refractivity contribution < 1.29 is 14.0 Å². The predicted molar refractivity (Wildman–Crippen MR) is 107 cm³/mol. The van der Waals surface area contributed by atoms with Gasteiger partial charge in [0.15, 0.2) is 0 Å². The average Bonchev–Trinajstić information content (AvgIpc) is 3.31. The Kier molecular flexibility index (Phi) is 5.29. The van der Waals surface area contributed by atoms with Crippen LogP contribution < -0.4 is 10.6 Å². The van der Waals surface area contributed by atoms with Gasteiger partial charge in [-0.25, -0.2) is 9.37 Å². The molecule has 7 heteroatoms. The highest BCUT2D eigenvalue weighted by atomic mass is 19.1. The molecule has 0 saturated heterocycles. The molecule has 2 heterocycles. The molecule has 3 aromatic rings. The van der Waals surface area contributed by atoms with Gasteiger partial charge in [-0.05, 0) is 56.0 Å². The number of nitrogens with zero attached hydrogens (tertiary/aromatic N) is 2. The van der Waals surface area contributed by atoms with Crippen molar-refractivity contribution in [3.05, 3.63) is 71.4 Å². The van der Waals surface area contributed by atoms with Crippen LogP contribution in [0.3, 0.4) is 0 Å². The molecule has 2 amide bonds. The van der Waals surface area contributed by atoms with E-state index in [0.717, 1.165) is 29.7 Å². The molecule has 0 bridgehead atoms. The average molecular weight is 394 g/mol. The number of aryl methyl sites for hydroxylation is 1. The molecule has 150 valence electrons. The monoisotopic (exact) mass is 394 g/mol. The number of aromatic nitrogens is 2. The van der Waals surface area contributed by atoms with Gasteiger partial charge in [0.1, 0.15) is 17.2 Å². The Morgan fingerprint density at radius 2 is 1.83 bits per heavy atom. The first-order valence-corrected chi connectivity index (χ1v) is 9.77. The lowest BCUT2D eigenvalue weighted by Crippen LogP contribution is -2.37. The maximum absolute atomic E-state index is 13.0. The Morgan fingerprint density at radius 3 is 2.55 bits per heavy atom. The van der Waals surface area contributed by atoms with Crippen molar-refractivity contribution in [1.29, 1.82) is 0 Å². The fourth-order valence-electron chi connectivity index (χ4n) is 3.83. The van der Waals surface area contributed by atoms with E-state index in [0.29, 0.717) is 12.1 Å². The lowest BCUT2D eigenvalue weighted by Gasteiger charge is -2.14. The molecule has 1 saturated carbocycles. The molecule has 0 aliphatic heterocycles. The van der Waals surface area contributed by atoms with Gasteiger partial charge in [-0.3, -0.25) is 9.59 Å². The van der Waals surface area contributed by atoms with E-state index in [-0.39, 0.29) is 36.1 Å². The third kappa shape index (κ3) is 4.45. The number of carbonyl (C=O) groups is 2. The summed E-state index contributed by atoms with van der Waals surface area (Å²) >= 11 is 0. The van der Waals surface area contributed by atoms with Crippen molar-refractivity contribution in [3.8, 4) is 0 Å². The number of pyridine rings is 1. The van der Waals surface area contributed by atoms with Crippen LogP contribution in [-0.4, -0.2) is 33.3 Å². The maximum atomic E-state index is 13.0. The quantitative estimate of drug-likeness (QED) is 0.699. The van der Waals surface area contributed by atoms with Crippen LogP contribution in [0.5, 0.6) is 0 Å². The van der Waals surface area contributed by atoms with Gasteiger partial charge in [0.25, 0.3) is 5.91 Å². The Labute approximate surface area is 168 Å². The van der Waals surface area contributed by atoms with E-state index in [1.165, 1.54) is 12.1 Å². The normalized spacial score (nSPS) is 18.7. The van der Waals surface area contributed by atoms with Crippen LogP contribution in [0.2, 0.25) is 0 Å². The Morgan fingerprint density at radius 1 is 1.10 bits per heavy atom. The smallest absolute Gasteiger partial charge is 0.271 e. The predicted octanol–water partition coefficient (Wildman–Crippen LogP) is 2.79. The van der Waals surface area contributed by atoms with Crippen molar-refractivity contribution in [3.63, 3.8) is 0 Å². The number of imidazole rings is 1. The fourth-order valence-corrected chi connectivity index (χ4v) is 3.83. The highest BCUT2D eigenvalue weighted by molar-refractivity contribution is 5.93. The third-order valence-corrected chi connectivity index (χ3v) is 5.34. The molecule has 1 aliphatic carbocycles. The van der Waals surface area contributed by atoms with Gasteiger partial charge in [0.05, 0.1) is 6.42 Å². The summed E-state index contributed by atoms with van der Waals surface area (Å²) in [6.07, 6.45) is 4.27. The van der Waals surface area contributed by atoms with Crippen molar-refractivity contribution in [2.45, 2.75) is 44.7 Å². The molecule has 0 radical (unpaired) electrons. The van der Waals surface area contributed by atoms with Gasteiger partial charge >= 0.3 is 0 Å². The van der Waals surface area contributed by atoms with Crippen molar-refractivity contribution in [2.75, 3.05) is 0 Å². The molecule has 29 heavy (non-hydrogen) atoms. The van der Waals surface area contributed by atoms with Gasteiger partial charge < -0.3 is 15.0 Å². The largest absolute Gasteiger partial charge is 0.353 e. The number of nitrogens with one attached hydrogen (secondary N) is 2. The number of hydrogen-bond donors (Lipinski definition) is 2. The number of amides is 2. The summed E-state index contributed by atoms with van der Waals surface area (Å²) in [7, 11) is 0. The SMILES string of the molecule is Cc1cccc2nc(C(=O)NC3CCC(NC(=O)Cc4ccc(F)cc4)C3)cn12. The number of fused-ring (bicyclic) bond motifs is 1. The van der Waals surface area contributed by atoms with Gasteiger partial charge in [0, 0.05) is 24.0 Å². The zero-order valence-electron chi connectivity index (χ0n) is 16.2. The summed E-state index contributed by atoms with van der Waals surface area (Å²) in [5.41, 5.74) is 2.92. The molecular weight excluding hydrogens is 371 g/mol. The lowest BCUT2D eigenvalue weighted by molar-refractivity contribution is -0.121. The summed E-state index contributed by atoms with van der Waals surface area (Å²) in [5, 5.41) is 6.04. The van der Waals surface area contributed by atoms with Gasteiger partial charge in [-0.2, -0.15) is 0 Å². The summed E-state index contributed by atoms with van der Waals surface area (Å²) in [6.45, 7) is 1.96. The van der Waals surface area contributed by atoms with Crippen LogP contribution >= 0.6 is 0 Å². The first kappa shape index (κ1) is 19.1. The Hall–Kier alpha value is -3.22. The topological polar surface area (TPSA) is 75.5 Å². The number of halogens is 1. The molecule has 2 unspecified atom stereocenters. The second-order valence-electron chi connectivity index (χ2n) is 7.57. The minimum absolute atomic E-state index is 0.00419. The standard InChI is InChI=1S/C22H23FN4O2/c1-14-3-2-4-20-26-19(13-27(14)20)22(29)25-18-10-9-17(12-18)24-21(28)11-15-5-7-16(23)8-6-15/h2-8,13,17-18H,9-12H2,1H3,(H,24,28)(H,25,29). The Balaban J connectivity index is 1.30. The molecule has 1 aliphatic rings. The number of benzene rings is 1. The van der Waals surface area contributed by atoms with E-state index < -0.39 is 0 Å². The third-order valence-electron chi connectivity index (χ3n) is 5.34. The molecule has 4 rings (SSSR count). The summed E-state index contributed by atoms with van der Waals surface area (Å²) in [6, 6.07) is 11.7. The van der Waals surface area contributed by atoms with E-state index in [2.05, 4.69) is 15.6 Å². The van der Waals surface area contributed by atoms with Crippen molar-refractivity contribution in [1.82, 2.24) is 20.0 Å². The number of carbonyl (C=O) groups excluding carboxylic acids is 2. The fraction of sp³-hybridized carbons (Fsp3) is 0.318. The summed E-state index contributed by atoms with van der Waals surface area (Å²) in [5.74, 6) is -0.606. The molecule has 2 aromatic heterocycles. The minimum Gasteiger partial charge on any atom is -0.353 e. The molecular formula is C22H23FN4O2. The molecule has 1 aromatic carbocycles. The molecule has 2 N–H and O–H groups in total. The highest BCUT2D eigenvalue weighted by Gasteiger charge is 2.27. The number of hydrogen-bond acceptors (Lipinski definition) is 3. The van der Waals surface area contributed by atoms with Crippen LogP contribution in [0.15, 0.2) is 48.7 Å². The van der Waals surface area contributed by atoms with Gasteiger partial charge in [-0.15, -0.1) is 0 Å². The number of rotatable bonds is 5. The van der Waals surface area contributed by atoms with Crippen LogP contribution in [0.1, 0.15) is 41.0 Å². The van der Waals surface area contributed by atoms with Crippen LogP contribution in [-0.2, 0) is 11.2 Å². The summed E-state index contributed by atoms with van der Waals surface area (Å²) < 4.78 is 14.9. The molecule has 6 nitrogen and oxygen atoms in total. The molecule has 2 atom stereocenters. The van der Waals surface area contributed by atoms with E-state index in [9.17, 15) is 14.0 Å². The first-order valence-electron chi connectivity index (χ1n) is 9.77. The zero-order chi connectivity index (χ0) is 20.4. The first-order chi connectivity index (χ1) is 14.0. The summed E-state index contributed by atoms with van der Waals surface area (Å²) in [4.78, 5) is 29.2.